The molecule has 27 heavy (non-hydrogen) atoms. The number of aromatic nitrogens is 1. The number of rotatable bonds is 6. The number of carbonyl (C=O) groups excluding carboxylic acids is 2. The third kappa shape index (κ3) is 3.31. The lowest BCUT2D eigenvalue weighted by atomic mass is 9.48. The zero-order chi connectivity index (χ0) is 20.6. The molecule has 0 bridgehead atoms. The number of imide groups is 1. The Kier molecular flexibility index (Phi) is 5.86. The maximum Gasteiger partial charge on any atom is 0.239 e. The molecule has 1 unspecified atom stereocenters. The summed E-state index contributed by atoms with van der Waals surface area (Å²) in [6.45, 7) is 17.4. The van der Waals surface area contributed by atoms with Crippen molar-refractivity contribution in [2.45, 2.75) is 79.3 Å². The van der Waals surface area contributed by atoms with Gasteiger partial charge in [0.05, 0.1) is 16.5 Å². The Morgan fingerprint density at radius 2 is 1.59 bits per heavy atom. The largest absolute Gasteiger partial charge is 0.298 e. The first-order chi connectivity index (χ1) is 12.4. The highest BCUT2D eigenvalue weighted by molar-refractivity contribution is 6.06. The number of hydrogen-bond donors (Lipinski definition) is 1. The molecule has 1 aliphatic heterocycles. The Morgan fingerprint density at radius 1 is 1.00 bits per heavy atom. The van der Waals surface area contributed by atoms with E-state index in [0.29, 0.717) is 18.5 Å². The molecule has 0 aromatic carbocycles. The van der Waals surface area contributed by atoms with Crippen molar-refractivity contribution in [1.29, 1.82) is 0 Å². The molecule has 0 radical (unpaired) electrons. The summed E-state index contributed by atoms with van der Waals surface area (Å²) >= 11 is 0. The molecule has 150 valence electrons. The number of nitrogens with zero attached hydrogens (tertiary/aromatic N) is 2. The molecule has 1 N–H and O–H groups in total. The number of carbonyl (C=O) groups is 2. The Morgan fingerprint density at radius 3 is 2.07 bits per heavy atom. The van der Waals surface area contributed by atoms with Gasteiger partial charge in [-0.05, 0) is 51.7 Å². The molecule has 5 nitrogen and oxygen atoms in total. The molecule has 1 atom stereocenters. The summed E-state index contributed by atoms with van der Waals surface area (Å²) in [6.07, 6.45) is 2.34. The molecule has 0 spiro atoms. The lowest BCUT2D eigenvalue weighted by Gasteiger charge is -2.56. The first-order valence-corrected chi connectivity index (χ1v) is 9.92. The monoisotopic (exact) mass is 373 g/mol. The van der Waals surface area contributed by atoms with Crippen LogP contribution < -0.4 is 5.32 Å². The summed E-state index contributed by atoms with van der Waals surface area (Å²) in [5.41, 5.74) is -1.46. The number of pyridine rings is 1. The Labute approximate surface area is 163 Å². The van der Waals surface area contributed by atoms with Gasteiger partial charge in [0.25, 0.3) is 0 Å². The van der Waals surface area contributed by atoms with Gasteiger partial charge in [0, 0.05) is 24.8 Å². The van der Waals surface area contributed by atoms with Crippen LogP contribution in [0.2, 0.25) is 0 Å². The maximum absolute atomic E-state index is 13.4. The summed E-state index contributed by atoms with van der Waals surface area (Å²) in [5, 5.41) is 2.66. The van der Waals surface area contributed by atoms with Crippen LogP contribution in [0.25, 0.3) is 0 Å². The van der Waals surface area contributed by atoms with Gasteiger partial charge in [-0.2, -0.15) is 0 Å². The quantitative estimate of drug-likeness (QED) is 0.775. The van der Waals surface area contributed by atoms with E-state index in [2.05, 4.69) is 42.9 Å². The predicted octanol–water partition coefficient (Wildman–Crippen LogP) is 3.54. The molecule has 1 saturated heterocycles. The van der Waals surface area contributed by atoms with Crippen LogP contribution in [0.5, 0.6) is 0 Å². The molecule has 5 heteroatoms. The van der Waals surface area contributed by atoms with Crippen LogP contribution in [-0.4, -0.2) is 40.3 Å². The van der Waals surface area contributed by atoms with E-state index in [1.165, 1.54) is 0 Å². The first kappa shape index (κ1) is 21.5. The van der Waals surface area contributed by atoms with E-state index >= 15 is 0 Å². The van der Waals surface area contributed by atoms with Crippen LogP contribution >= 0.6 is 0 Å². The summed E-state index contributed by atoms with van der Waals surface area (Å²) in [4.78, 5) is 33.0. The number of amides is 2. The van der Waals surface area contributed by atoms with Gasteiger partial charge < -0.3 is 0 Å². The van der Waals surface area contributed by atoms with Gasteiger partial charge in [-0.15, -0.1) is 0 Å². The molecule has 1 aliphatic rings. The zero-order valence-electron chi connectivity index (χ0n) is 18.1. The minimum atomic E-state index is -0.881. The van der Waals surface area contributed by atoms with Crippen molar-refractivity contribution >= 4 is 11.8 Å². The molecule has 2 heterocycles. The average Bonchev–Trinajstić information content (AvgIpc) is 2.57. The van der Waals surface area contributed by atoms with E-state index < -0.39 is 16.2 Å². The van der Waals surface area contributed by atoms with Crippen molar-refractivity contribution in [1.82, 2.24) is 15.2 Å². The van der Waals surface area contributed by atoms with E-state index in [1.807, 2.05) is 45.9 Å². The fourth-order valence-electron chi connectivity index (χ4n) is 4.48. The third-order valence-corrected chi connectivity index (χ3v) is 6.99. The van der Waals surface area contributed by atoms with E-state index in [9.17, 15) is 9.59 Å². The normalized spacial score (nSPS) is 24.6. The summed E-state index contributed by atoms with van der Waals surface area (Å²) in [7, 11) is 0. The van der Waals surface area contributed by atoms with Gasteiger partial charge in [0.15, 0.2) is 0 Å². The van der Waals surface area contributed by atoms with Gasteiger partial charge in [-0.3, -0.25) is 24.8 Å². The van der Waals surface area contributed by atoms with Crippen LogP contribution in [0, 0.1) is 10.8 Å². The molecule has 1 aromatic rings. The second-order valence-corrected chi connectivity index (χ2v) is 9.33. The van der Waals surface area contributed by atoms with E-state index in [-0.39, 0.29) is 11.8 Å². The van der Waals surface area contributed by atoms with Crippen LogP contribution in [0.4, 0.5) is 0 Å². The van der Waals surface area contributed by atoms with Crippen LogP contribution in [0.1, 0.15) is 67.5 Å². The number of hydrogen-bond acceptors (Lipinski definition) is 4. The SMILES string of the molecule is CC(C)N(CCC1(c2ccccn2)C(=O)NC(=O)C(C)(C)C1(C)C)C(C)C. The molecule has 1 fully saturated rings. The fraction of sp³-hybridized carbons (Fsp3) is 0.682. The molecule has 2 rings (SSSR count). The van der Waals surface area contributed by atoms with Crippen molar-refractivity contribution in [3.8, 4) is 0 Å². The molecule has 0 saturated carbocycles. The van der Waals surface area contributed by atoms with Crippen molar-refractivity contribution in [3.63, 3.8) is 0 Å². The Balaban J connectivity index is 2.61. The summed E-state index contributed by atoms with van der Waals surface area (Å²) < 4.78 is 0. The molecule has 0 aliphatic carbocycles. The second-order valence-electron chi connectivity index (χ2n) is 9.33. The van der Waals surface area contributed by atoms with Gasteiger partial charge in [-0.25, -0.2) is 0 Å². The van der Waals surface area contributed by atoms with Crippen molar-refractivity contribution in [2.24, 2.45) is 10.8 Å². The summed E-state index contributed by atoms with van der Waals surface area (Å²) in [6, 6.07) is 6.43. The first-order valence-electron chi connectivity index (χ1n) is 9.92. The van der Waals surface area contributed by atoms with E-state index in [0.717, 1.165) is 12.2 Å². The molecular weight excluding hydrogens is 338 g/mol. The highest BCUT2D eigenvalue weighted by Gasteiger charge is 2.65. The standard InChI is InChI=1S/C22H35N3O2/c1-15(2)25(16(3)4)14-12-22(17-11-9-10-13-23-17)19(27)24-18(26)20(5,6)21(22,7)8/h9-11,13,15-16H,12,14H2,1-8H3,(H,24,26,27). The topological polar surface area (TPSA) is 62.3 Å². The van der Waals surface area contributed by atoms with E-state index in [1.54, 1.807) is 6.20 Å². The second kappa shape index (κ2) is 7.34. The van der Waals surface area contributed by atoms with Gasteiger partial charge >= 0.3 is 0 Å². The van der Waals surface area contributed by atoms with Crippen molar-refractivity contribution < 1.29 is 9.59 Å². The molecular formula is C22H35N3O2. The maximum atomic E-state index is 13.4. The lowest BCUT2D eigenvalue weighted by molar-refractivity contribution is -0.161. The summed E-state index contributed by atoms with van der Waals surface area (Å²) in [5.74, 6) is -0.448. The minimum absolute atomic E-state index is 0.214. The van der Waals surface area contributed by atoms with Crippen molar-refractivity contribution in [3.05, 3.63) is 30.1 Å². The van der Waals surface area contributed by atoms with Crippen LogP contribution in [-0.2, 0) is 15.0 Å². The predicted molar refractivity (Wildman–Crippen MR) is 108 cm³/mol. The third-order valence-electron chi connectivity index (χ3n) is 6.99. The Bertz CT molecular complexity index is 687. The van der Waals surface area contributed by atoms with Gasteiger partial charge in [-0.1, -0.05) is 33.8 Å². The smallest absolute Gasteiger partial charge is 0.239 e. The highest BCUT2D eigenvalue weighted by atomic mass is 16.2. The van der Waals surface area contributed by atoms with Crippen molar-refractivity contribution in [2.75, 3.05) is 6.54 Å². The highest BCUT2D eigenvalue weighted by Crippen LogP contribution is 2.56. The molecule has 2 amide bonds. The number of piperidine rings is 1. The lowest BCUT2D eigenvalue weighted by Crippen LogP contribution is -2.69. The minimum Gasteiger partial charge on any atom is -0.298 e. The fourth-order valence-corrected chi connectivity index (χ4v) is 4.48. The van der Waals surface area contributed by atoms with Gasteiger partial charge in [0.2, 0.25) is 11.8 Å². The number of nitrogens with one attached hydrogen (secondary N) is 1. The van der Waals surface area contributed by atoms with Gasteiger partial charge in [0.1, 0.15) is 0 Å². The van der Waals surface area contributed by atoms with E-state index in [4.69, 9.17) is 0 Å². The molecule has 1 aromatic heterocycles. The Hall–Kier alpha value is -1.75. The average molecular weight is 374 g/mol. The van der Waals surface area contributed by atoms with Crippen LogP contribution in [0.3, 0.4) is 0 Å². The zero-order valence-corrected chi connectivity index (χ0v) is 18.1. The van der Waals surface area contributed by atoms with Crippen LogP contribution in [0.15, 0.2) is 24.4 Å².